The highest BCUT2D eigenvalue weighted by atomic mass is 79.9. The van der Waals surface area contributed by atoms with Crippen molar-refractivity contribution in [1.82, 2.24) is 5.32 Å². The molecular weight excluding hydrogens is 390 g/mol. The molecule has 1 aliphatic rings. The molecule has 0 radical (unpaired) electrons. The standard InChI is InChI=1S/C14H15Br2NO3/c15-8-5-6-9(11(16)7-8)13(18)17-12-4-2-1-3-10(12)14(19)20/h5-7,10,12H,1-4H2,(H,17,18)(H,19,20). The lowest BCUT2D eigenvalue weighted by Gasteiger charge is -2.29. The number of nitrogens with one attached hydrogen (secondary N) is 1. The van der Waals surface area contributed by atoms with Gasteiger partial charge in [-0.15, -0.1) is 0 Å². The molecule has 2 rings (SSSR count). The molecule has 0 bridgehead atoms. The summed E-state index contributed by atoms with van der Waals surface area (Å²) in [5, 5.41) is 12.1. The number of amides is 1. The van der Waals surface area contributed by atoms with Gasteiger partial charge in [0, 0.05) is 15.0 Å². The van der Waals surface area contributed by atoms with E-state index in [1.165, 1.54) is 0 Å². The van der Waals surface area contributed by atoms with E-state index in [9.17, 15) is 14.7 Å². The molecule has 2 atom stereocenters. The first kappa shape index (κ1) is 15.5. The van der Waals surface area contributed by atoms with Gasteiger partial charge in [0.2, 0.25) is 0 Å². The molecule has 1 saturated carbocycles. The van der Waals surface area contributed by atoms with Crippen LogP contribution in [-0.2, 0) is 4.79 Å². The molecule has 1 aliphatic carbocycles. The largest absolute Gasteiger partial charge is 0.481 e. The van der Waals surface area contributed by atoms with Crippen LogP contribution in [0.5, 0.6) is 0 Å². The summed E-state index contributed by atoms with van der Waals surface area (Å²) in [4.78, 5) is 23.5. The van der Waals surface area contributed by atoms with Gasteiger partial charge >= 0.3 is 5.97 Å². The maximum absolute atomic E-state index is 12.3. The number of aliphatic carboxylic acids is 1. The third kappa shape index (κ3) is 3.61. The van der Waals surface area contributed by atoms with Crippen LogP contribution in [0.15, 0.2) is 27.1 Å². The maximum atomic E-state index is 12.3. The highest BCUT2D eigenvalue weighted by molar-refractivity contribution is 9.11. The second-order valence-electron chi connectivity index (χ2n) is 4.93. The number of carboxylic acid groups (broad SMARTS) is 1. The summed E-state index contributed by atoms with van der Waals surface area (Å²) < 4.78 is 1.56. The third-order valence-electron chi connectivity index (χ3n) is 3.58. The third-order valence-corrected chi connectivity index (χ3v) is 4.72. The number of halogens is 2. The highest BCUT2D eigenvalue weighted by Gasteiger charge is 2.32. The maximum Gasteiger partial charge on any atom is 0.308 e. The normalized spacial score (nSPS) is 22.3. The molecular formula is C14H15Br2NO3. The van der Waals surface area contributed by atoms with E-state index in [-0.39, 0.29) is 11.9 Å². The molecule has 2 unspecified atom stereocenters. The Morgan fingerprint density at radius 1 is 1.20 bits per heavy atom. The van der Waals surface area contributed by atoms with E-state index in [0.717, 1.165) is 23.7 Å². The van der Waals surface area contributed by atoms with Crippen molar-refractivity contribution in [2.45, 2.75) is 31.7 Å². The van der Waals surface area contributed by atoms with Crippen LogP contribution in [0, 0.1) is 5.92 Å². The smallest absolute Gasteiger partial charge is 0.308 e. The van der Waals surface area contributed by atoms with Gasteiger partial charge in [0.25, 0.3) is 5.91 Å². The van der Waals surface area contributed by atoms with E-state index in [4.69, 9.17) is 0 Å². The van der Waals surface area contributed by atoms with E-state index in [1.54, 1.807) is 18.2 Å². The van der Waals surface area contributed by atoms with Gasteiger partial charge in [-0.05, 0) is 47.0 Å². The lowest BCUT2D eigenvalue weighted by atomic mass is 9.84. The Labute approximate surface area is 134 Å². The van der Waals surface area contributed by atoms with Gasteiger partial charge < -0.3 is 10.4 Å². The van der Waals surface area contributed by atoms with Crippen LogP contribution in [0.4, 0.5) is 0 Å². The molecule has 0 spiro atoms. The quantitative estimate of drug-likeness (QED) is 0.808. The fourth-order valence-electron chi connectivity index (χ4n) is 2.52. The zero-order chi connectivity index (χ0) is 14.7. The van der Waals surface area contributed by atoms with E-state index >= 15 is 0 Å². The molecule has 4 nitrogen and oxygen atoms in total. The zero-order valence-corrected chi connectivity index (χ0v) is 13.9. The molecule has 108 valence electrons. The number of rotatable bonds is 3. The molecule has 1 aromatic carbocycles. The van der Waals surface area contributed by atoms with E-state index in [2.05, 4.69) is 37.2 Å². The lowest BCUT2D eigenvalue weighted by Crippen LogP contribution is -2.45. The van der Waals surface area contributed by atoms with Crippen LogP contribution in [0.2, 0.25) is 0 Å². The monoisotopic (exact) mass is 403 g/mol. The van der Waals surface area contributed by atoms with Crippen LogP contribution < -0.4 is 5.32 Å². The zero-order valence-electron chi connectivity index (χ0n) is 10.7. The minimum absolute atomic E-state index is 0.234. The van der Waals surface area contributed by atoms with Crippen LogP contribution in [0.25, 0.3) is 0 Å². The van der Waals surface area contributed by atoms with Gasteiger partial charge in [-0.2, -0.15) is 0 Å². The van der Waals surface area contributed by atoms with Crippen molar-refractivity contribution in [1.29, 1.82) is 0 Å². The fourth-order valence-corrected chi connectivity index (χ4v) is 3.75. The van der Waals surface area contributed by atoms with Gasteiger partial charge in [0.15, 0.2) is 0 Å². The topological polar surface area (TPSA) is 66.4 Å². The predicted octanol–water partition coefficient (Wildman–Crippen LogP) is 3.58. The van der Waals surface area contributed by atoms with Crippen molar-refractivity contribution < 1.29 is 14.7 Å². The van der Waals surface area contributed by atoms with Gasteiger partial charge in [0.1, 0.15) is 0 Å². The summed E-state index contributed by atoms with van der Waals surface area (Å²) in [7, 11) is 0. The molecule has 0 aliphatic heterocycles. The minimum atomic E-state index is -0.829. The van der Waals surface area contributed by atoms with E-state index in [0.29, 0.717) is 16.5 Å². The van der Waals surface area contributed by atoms with Crippen molar-refractivity contribution >= 4 is 43.7 Å². The Morgan fingerprint density at radius 3 is 2.55 bits per heavy atom. The minimum Gasteiger partial charge on any atom is -0.481 e. The molecule has 6 heteroatoms. The van der Waals surface area contributed by atoms with Crippen molar-refractivity contribution in [3.05, 3.63) is 32.7 Å². The van der Waals surface area contributed by atoms with Gasteiger partial charge in [-0.3, -0.25) is 9.59 Å². The van der Waals surface area contributed by atoms with Crippen LogP contribution in [-0.4, -0.2) is 23.0 Å². The number of carboxylic acids is 1. The Kier molecular flexibility index (Phi) is 5.21. The number of benzene rings is 1. The SMILES string of the molecule is O=C(NC1CCCCC1C(=O)O)c1ccc(Br)cc1Br. The first-order valence-corrected chi connectivity index (χ1v) is 8.06. The fraction of sp³-hybridized carbons (Fsp3) is 0.429. The second kappa shape index (κ2) is 6.72. The summed E-state index contributed by atoms with van der Waals surface area (Å²) >= 11 is 6.68. The first-order valence-electron chi connectivity index (χ1n) is 6.48. The first-order chi connectivity index (χ1) is 9.49. The van der Waals surface area contributed by atoms with Crippen LogP contribution >= 0.6 is 31.9 Å². The second-order valence-corrected chi connectivity index (χ2v) is 6.70. The van der Waals surface area contributed by atoms with Gasteiger partial charge in [-0.1, -0.05) is 28.8 Å². The van der Waals surface area contributed by atoms with Crippen LogP contribution in [0.1, 0.15) is 36.0 Å². The molecule has 20 heavy (non-hydrogen) atoms. The summed E-state index contributed by atoms with van der Waals surface area (Å²) in [5.74, 6) is -1.55. The lowest BCUT2D eigenvalue weighted by molar-refractivity contribution is -0.143. The Bertz CT molecular complexity index is 533. The summed E-state index contributed by atoms with van der Waals surface area (Å²) in [5.41, 5.74) is 0.517. The van der Waals surface area contributed by atoms with Crippen molar-refractivity contribution in [3.8, 4) is 0 Å². The molecule has 1 amide bonds. The van der Waals surface area contributed by atoms with Crippen molar-refractivity contribution in [2.75, 3.05) is 0 Å². The molecule has 2 N–H and O–H groups in total. The number of carbonyl (C=O) groups excluding carboxylic acids is 1. The van der Waals surface area contributed by atoms with Crippen LogP contribution in [0.3, 0.4) is 0 Å². The molecule has 0 heterocycles. The summed E-state index contributed by atoms with van der Waals surface area (Å²) in [6.45, 7) is 0. The average molecular weight is 405 g/mol. The Balaban J connectivity index is 2.11. The Morgan fingerprint density at radius 2 is 1.90 bits per heavy atom. The molecule has 0 aromatic heterocycles. The Hall–Kier alpha value is -0.880. The summed E-state index contributed by atoms with van der Waals surface area (Å²) in [6, 6.07) is 5.01. The average Bonchev–Trinajstić information content (AvgIpc) is 2.38. The molecule has 1 aromatic rings. The predicted molar refractivity (Wildman–Crippen MR) is 82.7 cm³/mol. The number of hydrogen-bond acceptors (Lipinski definition) is 2. The van der Waals surface area contributed by atoms with Crippen molar-refractivity contribution in [2.24, 2.45) is 5.92 Å². The number of carbonyl (C=O) groups is 2. The summed E-state index contributed by atoms with van der Waals surface area (Å²) in [6.07, 6.45) is 3.21. The molecule has 0 saturated heterocycles. The number of hydrogen-bond donors (Lipinski definition) is 2. The van der Waals surface area contributed by atoms with Gasteiger partial charge in [0.05, 0.1) is 11.5 Å². The van der Waals surface area contributed by atoms with E-state index in [1.807, 2.05) is 0 Å². The van der Waals surface area contributed by atoms with E-state index < -0.39 is 11.9 Å². The highest BCUT2D eigenvalue weighted by Crippen LogP contribution is 2.26. The van der Waals surface area contributed by atoms with Gasteiger partial charge in [-0.25, -0.2) is 0 Å². The van der Waals surface area contributed by atoms with Crippen molar-refractivity contribution in [3.63, 3.8) is 0 Å². The molecule has 1 fully saturated rings.